The fourth-order valence-electron chi connectivity index (χ4n) is 2.82. The van der Waals surface area contributed by atoms with Crippen LogP contribution in [0.15, 0.2) is 0 Å². The maximum Gasteiger partial charge on any atom is 0.417 e. The summed E-state index contributed by atoms with van der Waals surface area (Å²) in [6.45, 7) is 6.40. The normalized spacial score (nSPS) is 31.6. The maximum absolute atomic E-state index is 12.9. The summed E-state index contributed by atoms with van der Waals surface area (Å²) in [5, 5.41) is 0. The van der Waals surface area contributed by atoms with E-state index in [0.29, 0.717) is 18.8 Å². The molecule has 0 spiro atoms. The summed E-state index contributed by atoms with van der Waals surface area (Å²) in [6, 6.07) is 0. The van der Waals surface area contributed by atoms with Crippen LogP contribution in [0.4, 0.5) is 13.2 Å². The summed E-state index contributed by atoms with van der Waals surface area (Å²) in [7, 11) is 1.18. The molecule has 1 rings (SSSR count). The minimum atomic E-state index is -4.24. The highest BCUT2D eigenvalue weighted by Gasteiger charge is 2.56. The number of hydrogen-bond donors (Lipinski definition) is 0. The molecule has 0 heterocycles. The van der Waals surface area contributed by atoms with Gasteiger partial charge in [-0.3, -0.25) is 0 Å². The summed E-state index contributed by atoms with van der Waals surface area (Å²) < 4.78 is 43.6. The third-order valence-corrected chi connectivity index (χ3v) is 3.72. The Morgan fingerprint density at radius 1 is 1.12 bits per heavy atom. The average Bonchev–Trinajstić information content (AvgIpc) is 2.15. The van der Waals surface area contributed by atoms with Gasteiger partial charge in [0.25, 0.3) is 0 Å². The molecular formula is C13H23F3O. The van der Waals surface area contributed by atoms with Crippen molar-refractivity contribution < 1.29 is 17.9 Å². The molecule has 0 aromatic rings. The topological polar surface area (TPSA) is 9.23 Å². The predicted octanol–water partition coefficient (Wildman–Crippen LogP) is 4.56. The summed E-state index contributed by atoms with van der Waals surface area (Å²) >= 11 is 0. The van der Waals surface area contributed by atoms with Gasteiger partial charge in [-0.25, -0.2) is 0 Å². The van der Waals surface area contributed by atoms with Crippen molar-refractivity contribution in [1.82, 2.24) is 0 Å². The van der Waals surface area contributed by atoms with Gasteiger partial charge in [0.15, 0.2) is 5.60 Å². The zero-order valence-electron chi connectivity index (χ0n) is 11.2. The predicted molar refractivity (Wildman–Crippen MR) is 61.8 cm³/mol. The van der Waals surface area contributed by atoms with Crippen molar-refractivity contribution in [2.45, 2.75) is 64.7 Å². The first kappa shape index (κ1) is 14.8. The van der Waals surface area contributed by atoms with Crippen molar-refractivity contribution >= 4 is 0 Å². The number of hydrogen-bond acceptors (Lipinski definition) is 1. The molecule has 0 radical (unpaired) electrons. The van der Waals surface area contributed by atoms with Crippen molar-refractivity contribution in [2.24, 2.45) is 11.3 Å². The molecule has 0 N–H and O–H groups in total. The Morgan fingerprint density at radius 3 is 1.88 bits per heavy atom. The van der Waals surface area contributed by atoms with Gasteiger partial charge in [-0.2, -0.15) is 13.2 Å². The zero-order valence-corrected chi connectivity index (χ0v) is 11.2. The largest absolute Gasteiger partial charge is 0.417 e. The maximum atomic E-state index is 12.9. The zero-order chi connectivity index (χ0) is 13.3. The van der Waals surface area contributed by atoms with Crippen LogP contribution in [0.3, 0.4) is 0 Å². The monoisotopic (exact) mass is 252 g/mol. The second-order valence-electron chi connectivity index (χ2n) is 6.40. The molecule has 1 nitrogen and oxygen atoms in total. The van der Waals surface area contributed by atoms with Gasteiger partial charge in [0.2, 0.25) is 0 Å². The standard InChI is InChI=1S/C13H23F3O/c1-11(2,3)9-10-5-7-12(17-4,8-6-10)13(14,15)16/h10H,5-9H2,1-4H3/t10-,12-. The Labute approximate surface area is 102 Å². The van der Waals surface area contributed by atoms with Crippen molar-refractivity contribution in [1.29, 1.82) is 0 Å². The lowest BCUT2D eigenvalue weighted by atomic mass is 9.72. The summed E-state index contributed by atoms with van der Waals surface area (Å²) in [4.78, 5) is 0. The van der Waals surface area contributed by atoms with Gasteiger partial charge < -0.3 is 4.74 Å². The van der Waals surface area contributed by atoms with E-state index in [1.807, 2.05) is 0 Å². The van der Waals surface area contributed by atoms with Gasteiger partial charge in [-0.1, -0.05) is 20.8 Å². The third-order valence-electron chi connectivity index (χ3n) is 3.72. The van der Waals surface area contributed by atoms with E-state index < -0.39 is 11.8 Å². The van der Waals surface area contributed by atoms with Gasteiger partial charge in [0.05, 0.1) is 0 Å². The molecule has 102 valence electrons. The molecule has 0 aliphatic heterocycles. The lowest BCUT2D eigenvalue weighted by molar-refractivity contribution is -0.282. The van der Waals surface area contributed by atoms with Crippen molar-refractivity contribution in [3.63, 3.8) is 0 Å². The Morgan fingerprint density at radius 2 is 1.59 bits per heavy atom. The summed E-state index contributed by atoms with van der Waals surface area (Å²) in [5.41, 5.74) is -1.70. The van der Waals surface area contributed by atoms with E-state index in [-0.39, 0.29) is 18.3 Å². The number of rotatable bonds is 2. The van der Waals surface area contributed by atoms with Crippen LogP contribution in [0.1, 0.15) is 52.9 Å². The van der Waals surface area contributed by atoms with Crippen LogP contribution in [-0.2, 0) is 4.74 Å². The lowest BCUT2D eigenvalue weighted by Gasteiger charge is -2.41. The van der Waals surface area contributed by atoms with E-state index in [2.05, 4.69) is 20.8 Å². The Hall–Kier alpha value is -0.250. The molecule has 0 atom stereocenters. The van der Waals surface area contributed by atoms with Crippen molar-refractivity contribution in [2.75, 3.05) is 7.11 Å². The molecule has 0 amide bonds. The molecule has 17 heavy (non-hydrogen) atoms. The lowest BCUT2D eigenvalue weighted by Crippen LogP contribution is -2.49. The Bertz CT molecular complexity index is 244. The molecule has 0 aromatic carbocycles. The first-order valence-electron chi connectivity index (χ1n) is 6.21. The average molecular weight is 252 g/mol. The van der Waals surface area contributed by atoms with Crippen LogP contribution < -0.4 is 0 Å². The van der Waals surface area contributed by atoms with E-state index in [0.717, 1.165) is 6.42 Å². The van der Waals surface area contributed by atoms with Gasteiger partial charge >= 0.3 is 6.18 Å². The van der Waals surface area contributed by atoms with Crippen molar-refractivity contribution in [3.8, 4) is 0 Å². The Balaban J connectivity index is 2.60. The highest BCUT2D eigenvalue weighted by atomic mass is 19.4. The third kappa shape index (κ3) is 3.60. The van der Waals surface area contributed by atoms with E-state index in [1.54, 1.807) is 0 Å². The number of halogens is 3. The summed E-state index contributed by atoms with van der Waals surface area (Å²) in [6.07, 6.45) is -1.81. The first-order valence-corrected chi connectivity index (χ1v) is 6.21. The first-order chi connectivity index (χ1) is 7.60. The second kappa shape index (κ2) is 4.79. The minimum absolute atomic E-state index is 0.105. The second-order valence-corrected chi connectivity index (χ2v) is 6.40. The van der Waals surface area contributed by atoms with Gasteiger partial charge in [0, 0.05) is 7.11 Å². The molecule has 4 heteroatoms. The van der Waals surface area contributed by atoms with Crippen LogP contribution in [-0.4, -0.2) is 18.9 Å². The number of ether oxygens (including phenoxy) is 1. The van der Waals surface area contributed by atoms with E-state index in [1.165, 1.54) is 7.11 Å². The smallest absolute Gasteiger partial charge is 0.369 e. The highest BCUT2D eigenvalue weighted by molar-refractivity contribution is 4.93. The molecule has 0 unspecified atom stereocenters. The molecule has 1 saturated carbocycles. The minimum Gasteiger partial charge on any atom is -0.369 e. The van der Waals surface area contributed by atoms with Gasteiger partial charge in [-0.15, -0.1) is 0 Å². The van der Waals surface area contributed by atoms with E-state index >= 15 is 0 Å². The van der Waals surface area contributed by atoms with Gasteiger partial charge in [0.1, 0.15) is 0 Å². The van der Waals surface area contributed by atoms with Crippen LogP contribution in [0.2, 0.25) is 0 Å². The SMILES string of the molecule is CO[C@]1(C(F)(F)F)CC[C@@H](CC(C)(C)C)CC1. The van der Waals surface area contributed by atoms with Gasteiger partial charge in [-0.05, 0) is 43.4 Å². The summed E-state index contributed by atoms with van der Waals surface area (Å²) in [5.74, 6) is 0.403. The van der Waals surface area contributed by atoms with Crippen LogP contribution in [0.25, 0.3) is 0 Å². The number of alkyl halides is 3. The van der Waals surface area contributed by atoms with E-state index in [4.69, 9.17) is 4.74 Å². The van der Waals surface area contributed by atoms with Crippen LogP contribution in [0, 0.1) is 11.3 Å². The molecule has 1 aliphatic rings. The molecule has 1 fully saturated rings. The molecule has 1 aliphatic carbocycles. The van der Waals surface area contributed by atoms with E-state index in [9.17, 15) is 13.2 Å². The fourth-order valence-corrected chi connectivity index (χ4v) is 2.82. The molecule has 0 bridgehead atoms. The van der Waals surface area contributed by atoms with Crippen LogP contribution >= 0.6 is 0 Å². The molecule has 0 saturated heterocycles. The highest BCUT2D eigenvalue weighted by Crippen LogP contribution is 2.47. The number of methoxy groups -OCH3 is 1. The van der Waals surface area contributed by atoms with Crippen molar-refractivity contribution in [3.05, 3.63) is 0 Å². The Kier molecular flexibility index (Phi) is 4.17. The molecule has 0 aromatic heterocycles. The van der Waals surface area contributed by atoms with Crippen LogP contribution in [0.5, 0.6) is 0 Å². The fraction of sp³-hybridized carbons (Fsp3) is 1.00. The molecular weight excluding hydrogens is 229 g/mol. The quantitative estimate of drug-likeness (QED) is 0.700.